The van der Waals surface area contributed by atoms with E-state index in [1.165, 1.54) is 18.9 Å². The normalized spacial score (nSPS) is 10.5. The maximum absolute atomic E-state index is 13.6. The molecule has 0 aliphatic carbocycles. The number of hydrogen-bond donors (Lipinski definition) is 2. The molecular formula is C17H23FN4. The first-order valence-electron chi connectivity index (χ1n) is 7.76. The number of aromatic nitrogens is 2. The monoisotopic (exact) mass is 302 g/mol. The summed E-state index contributed by atoms with van der Waals surface area (Å²) in [5.74, 6) is 1.99. The molecule has 1 heterocycles. The summed E-state index contributed by atoms with van der Waals surface area (Å²) in [6, 6.07) is 8.60. The van der Waals surface area contributed by atoms with Gasteiger partial charge >= 0.3 is 0 Å². The second kappa shape index (κ2) is 8.32. The highest BCUT2D eigenvalue weighted by Crippen LogP contribution is 2.14. The Morgan fingerprint density at radius 1 is 1.05 bits per heavy atom. The van der Waals surface area contributed by atoms with Crippen LogP contribution in [-0.2, 0) is 6.54 Å². The fourth-order valence-electron chi connectivity index (χ4n) is 2.17. The minimum Gasteiger partial charge on any atom is -0.370 e. The summed E-state index contributed by atoms with van der Waals surface area (Å²) in [6.07, 6.45) is 3.52. The van der Waals surface area contributed by atoms with E-state index in [0.717, 1.165) is 18.8 Å². The fourth-order valence-corrected chi connectivity index (χ4v) is 2.17. The molecule has 0 saturated heterocycles. The molecule has 0 aliphatic heterocycles. The lowest BCUT2D eigenvalue weighted by Crippen LogP contribution is -2.08. The van der Waals surface area contributed by atoms with Crippen LogP contribution >= 0.6 is 0 Å². The van der Waals surface area contributed by atoms with E-state index in [1.807, 2.05) is 19.1 Å². The van der Waals surface area contributed by atoms with E-state index in [-0.39, 0.29) is 5.82 Å². The van der Waals surface area contributed by atoms with Gasteiger partial charge in [-0.25, -0.2) is 14.4 Å². The van der Waals surface area contributed by atoms with Gasteiger partial charge in [0.2, 0.25) is 0 Å². The Morgan fingerprint density at radius 3 is 2.50 bits per heavy atom. The number of unbranched alkanes of at least 4 members (excludes halogenated alkanes) is 2. The highest BCUT2D eigenvalue weighted by atomic mass is 19.1. The van der Waals surface area contributed by atoms with E-state index < -0.39 is 0 Å². The smallest absolute Gasteiger partial charge is 0.132 e. The van der Waals surface area contributed by atoms with Crippen LogP contribution in [0.2, 0.25) is 0 Å². The zero-order chi connectivity index (χ0) is 15.8. The molecule has 5 heteroatoms. The number of nitrogens with one attached hydrogen (secondary N) is 2. The average Bonchev–Trinajstić information content (AvgIpc) is 2.50. The summed E-state index contributed by atoms with van der Waals surface area (Å²) in [7, 11) is 0. The molecule has 0 saturated carbocycles. The van der Waals surface area contributed by atoms with Gasteiger partial charge in [0, 0.05) is 24.7 Å². The number of anilines is 2. The number of nitrogens with zero attached hydrogens (tertiary/aromatic N) is 2. The fraction of sp³-hybridized carbons (Fsp3) is 0.412. The van der Waals surface area contributed by atoms with Gasteiger partial charge in [-0.1, -0.05) is 38.0 Å². The Bertz CT molecular complexity index is 601. The molecule has 0 atom stereocenters. The Kier molecular flexibility index (Phi) is 6.13. The molecule has 0 bridgehead atoms. The summed E-state index contributed by atoms with van der Waals surface area (Å²) in [6.45, 7) is 5.33. The first-order valence-corrected chi connectivity index (χ1v) is 7.76. The number of aryl methyl sites for hydroxylation is 1. The van der Waals surface area contributed by atoms with Crippen molar-refractivity contribution in [3.05, 3.63) is 47.5 Å². The maximum atomic E-state index is 13.6. The predicted octanol–water partition coefficient (Wildman–Crippen LogP) is 4.14. The van der Waals surface area contributed by atoms with Crippen molar-refractivity contribution in [2.24, 2.45) is 0 Å². The largest absolute Gasteiger partial charge is 0.370 e. The quantitative estimate of drug-likeness (QED) is 0.720. The lowest BCUT2D eigenvalue weighted by Gasteiger charge is -2.10. The van der Waals surface area contributed by atoms with E-state index in [0.29, 0.717) is 23.8 Å². The highest BCUT2D eigenvalue weighted by Gasteiger charge is 2.04. The third-order valence-electron chi connectivity index (χ3n) is 3.34. The molecule has 0 fully saturated rings. The van der Waals surface area contributed by atoms with Crippen LogP contribution < -0.4 is 10.6 Å². The summed E-state index contributed by atoms with van der Waals surface area (Å²) in [4.78, 5) is 8.71. The Balaban J connectivity index is 1.96. The average molecular weight is 302 g/mol. The second-order valence-electron chi connectivity index (χ2n) is 5.26. The van der Waals surface area contributed by atoms with E-state index in [4.69, 9.17) is 0 Å². The molecule has 4 nitrogen and oxygen atoms in total. The number of rotatable bonds is 8. The van der Waals surface area contributed by atoms with Gasteiger partial charge in [-0.15, -0.1) is 0 Å². The van der Waals surface area contributed by atoms with Gasteiger partial charge in [-0.05, 0) is 19.4 Å². The molecular weight excluding hydrogens is 279 g/mol. The minimum absolute atomic E-state index is 0.210. The molecule has 1 aromatic heterocycles. The van der Waals surface area contributed by atoms with Crippen molar-refractivity contribution in [1.82, 2.24) is 9.97 Å². The van der Waals surface area contributed by atoms with Crippen molar-refractivity contribution in [3.63, 3.8) is 0 Å². The van der Waals surface area contributed by atoms with E-state index in [2.05, 4.69) is 27.5 Å². The van der Waals surface area contributed by atoms with Gasteiger partial charge in [0.1, 0.15) is 23.3 Å². The van der Waals surface area contributed by atoms with Crippen LogP contribution in [0.4, 0.5) is 16.0 Å². The number of hydrogen-bond acceptors (Lipinski definition) is 4. The Hall–Kier alpha value is -2.17. The molecule has 1 aromatic carbocycles. The zero-order valence-electron chi connectivity index (χ0n) is 13.2. The van der Waals surface area contributed by atoms with Crippen molar-refractivity contribution in [3.8, 4) is 0 Å². The lowest BCUT2D eigenvalue weighted by atomic mass is 10.2. The molecule has 0 aliphatic rings. The minimum atomic E-state index is -0.210. The van der Waals surface area contributed by atoms with Gasteiger partial charge in [-0.3, -0.25) is 0 Å². The van der Waals surface area contributed by atoms with Crippen LogP contribution in [0.15, 0.2) is 30.3 Å². The van der Waals surface area contributed by atoms with Crippen molar-refractivity contribution in [1.29, 1.82) is 0 Å². The van der Waals surface area contributed by atoms with Crippen LogP contribution in [0.3, 0.4) is 0 Å². The van der Waals surface area contributed by atoms with Crippen LogP contribution in [0, 0.1) is 12.7 Å². The third-order valence-corrected chi connectivity index (χ3v) is 3.34. The molecule has 0 amide bonds. The molecule has 2 N–H and O–H groups in total. The molecule has 22 heavy (non-hydrogen) atoms. The topological polar surface area (TPSA) is 49.8 Å². The first kappa shape index (κ1) is 16.2. The van der Waals surface area contributed by atoms with Crippen LogP contribution in [0.1, 0.15) is 37.6 Å². The molecule has 0 unspecified atom stereocenters. The summed E-state index contributed by atoms with van der Waals surface area (Å²) >= 11 is 0. The standard InChI is InChI=1S/C17H23FN4/c1-3-4-7-10-19-16-11-17(22-13(2)21-16)20-12-14-8-5-6-9-15(14)18/h5-6,8-9,11H,3-4,7,10,12H2,1-2H3,(H2,19,20,21,22). The summed E-state index contributed by atoms with van der Waals surface area (Å²) in [5.41, 5.74) is 0.622. The zero-order valence-corrected chi connectivity index (χ0v) is 13.2. The van der Waals surface area contributed by atoms with Crippen LogP contribution in [0.5, 0.6) is 0 Å². The second-order valence-corrected chi connectivity index (χ2v) is 5.26. The summed E-state index contributed by atoms with van der Waals surface area (Å²) < 4.78 is 13.6. The molecule has 0 radical (unpaired) electrons. The number of halogens is 1. The van der Waals surface area contributed by atoms with E-state index >= 15 is 0 Å². The molecule has 118 valence electrons. The van der Waals surface area contributed by atoms with Crippen molar-refractivity contribution in [2.75, 3.05) is 17.2 Å². The Morgan fingerprint density at radius 2 is 1.77 bits per heavy atom. The van der Waals surface area contributed by atoms with Gasteiger partial charge in [0.05, 0.1) is 0 Å². The molecule has 2 rings (SSSR count). The highest BCUT2D eigenvalue weighted by molar-refractivity contribution is 5.47. The van der Waals surface area contributed by atoms with Crippen molar-refractivity contribution in [2.45, 2.75) is 39.7 Å². The van der Waals surface area contributed by atoms with Crippen LogP contribution in [-0.4, -0.2) is 16.5 Å². The molecule has 0 spiro atoms. The lowest BCUT2D eigenvalue weighted by molar-refractivity contribution is 0.613. The third kappa shape index (κ3) is 4.98. The van der Waals surface area contributed by atoms with E-state index in [9.17, 15) is 4.39 Å². The Labute approximate surface area is 131 Å². The van der Waals surface area contributed by atoms with E-state index in [1.54, 1.807) is 12.1 Å². The number of benzene rings is 1. The van der Waals surface area contributed by atoms with Crippen molar-refractivity contribution < 1.29 is 4.39 Å². The van der Waals surface area contributed by atoms with Gasteiger partial charge < -0.3 is 10.6 Å². The van der Waals surface area contributed by atoms with Crippen LogP contribution in [0.25, 0.3) is 0 Å². The van der Waals surface area contributed by atoms with Gasteiger partial charge in [0.25, 0.3) is 0 Å². The SMILES string of the molecule is CCCCCNc1cc(NCc2ccccc2F)nc(C)n1. The summed E-state index contributed by atoms with van der Waals surface area (Å²) in [5, 5.41) is 6.46. The predicted molar refractivity (Wildman–Crippen MR) is 88.5 cm³/mol. The first-order chi connectivity index (χ1) is 10.7. The van der Waals surface area contributed by atoms with Crippen molar-refractivity contribution >= 4 is 11.6 Å². The van der Waals surface area contributed by atoms with Gasteiger partial charge in [0.15, 0.2) is 0 Å². The molecule has 2 aromatic rings. The maximum Gasteiger partial charge on any atom is 0.132 e. The van der Waals surface area contributed by atoms with Gasteiger partial charge in [-0.2, -0.15) is 0 Å².